The standard InChI is InChI=1S/C15H15NO3/c1-11-4-3-5-12(8-11)9-16-10-13(15(18)19-2)6-7-14(16)17/h3-8,10H,9H2,1-2H3. The molecule has 0 radical (unpaired) electrons. The van der Waals surface area contributed by atoms with E-state index >= 15 is 0 Å². The summed E-state index contributed by atoms with van der Waals surface area (Å²) in [7, 11) is 1.32. The van der Waals surface area contributed by atoms with Gasteiger partial charge in [-0.3, -0.25) is 4.79 Å². The molecule has 0 fully saturated rings. The van der Waals surface area contributed by atoms with Crippen molar-refractivity contribution >= 4 is 5.97 Å². The fourth-order valence-electron chi connectivity index (χ4n) is 1.90. The summed E-state index contributed by atoms with van der Waals surface area (Å²) in [5.74, 6) is -0.446. The van der Waals surface area contributed by atoms with Crippen LogP contribution < -0.4 is 5.56 Å². The smallest absolute Gasteiger partial charge is 0.339 e. The molecule has 1 aromatic heterocycles. The van der Waals surface area contributed by atoms with Gasteiger partial charge in [0.15, 0.2) is 0 Å². The third-order valence-electron chi connectivity index (χ3n) is 2.84. The van der Waals surface area contributed by atoms with E-state index in [1.54, 1.807) is 0 Å². The third kappa shape index (κ3) is 3.10. The molecule has 0 atom stereocenters. The van der Waals surface area contributed by atoms with E-state index in [0.29, 0.717) is 12.1 Å². The SMILES string of the molecule is COC(=O)c1ccc(=O)n(Cc2cccc(C)c2)c1. The number of aryl methyl sites for hydroxylation is 1. The summed E-state index contributed by atoms with van der Waals surface area (Å²) in [6.07, 6.45) is 1.52. The van der Waals surface area contributed by atoms with Gasteiger partial charge in [-0.25, -0.2) is 4.79 Å². The highest BCUT2D eigenvalue weighted by atomic mass is 16.5. The molecule has 0 N–H and O–H groups in total. The highest BCUT2D eigenvalue weighted by molar-refractivity contribution is 5.88. The Hall–Kier alpha value is -2.36. The second-order valence-corrected chi connectivity index (χ2v) is 4.36. The lowest BCUT2D eigenvalue weighted by Crippen LogP contribution is -2.21. The lowest BCUT2D eigenvalue weighted by atomic mass is 10.1. The molecule has 1 heterocycles. The molecule has 2 aromatic rings. The number of benzene rings is 1. The molecular formula is C15H15NO3. The van der Waals surface area contributed by atoms with Gasteiger partial charge in [0.1, 0.15) is 0 Å². The maximum absolute atomic E-state index is 11.8. The molecule has 0 amide bonds. The molecule has 1 aromatic carbocycles. The second kappa shape index (κ2) is 5.52. The number of pyridine rings is 1. The number of rotatable bonds is 3. The van der Waals surface area contributed by atoms with Crippen LogP contribution in [0.25, 0.3) is 0 Å². The van der Waals surface area contributed by atoms with E-state index in [1.165, 1.54) is 30.0 Å². The zero-order valence-electron chi connectivity index (χ0n) is 10.9. The molecule has 4 nitrogen and oxygen atoms in total. The molecule has 0 bridgehead atoms. The number of esters is 1. The highest BCUT2D eigenvalue weighted by Crippen LogP contribution is 2.06. The summed E-state index contributed by atoms with van der Waals surface area (Å²) in [4.78, 5) is 23.2. The van der Waals surface area contributed by atoms with Gasteiger partial charge in [-0.15, -0.1) is 0 Å². The van der Waals surface area contributed by atoms with Crippen molar-refractivity contribution in [1.82, 2.24) is 4.57 Å². The van der Waals surface area contributed by atoms with Gasteiger partial charge in [0.2, 0.25) is 0 Å². The lowest BCUT2D eigenvalue weighted by Gasteiger charge is -2.08. The summed E-state index contributed by atoms with van der Waals surface area (Å²) < 4.78 is 6.15. The van der Waals surface area contributed by atoms with E-state index < -0.39 is 5.97 Å². The summed E-state index contributed by atoms with van der Waals surface area (Å²) in [6.45, 7) is 2.43. The number of ether oxygens (including phenoxy) is 1. The van der Waals surface area contributed by atoms with E-state index in [-0.39, 0.29) is 5.56 Å². The van der Waals surface area contributed by atoms with Gasteiger partial charge in [0.05, 0.1) is 19.2 Å². The maximum Gasteiger partial charge on any atom is 0.339 e. The largest absolute Gasteiger partial charge is 0.465 e. The van der Waals surface area contributed by atoms with Gasteiger partial charge in [-0.2, -0.15) is 0 Å². The van der Waals surface area contributed by atoms with Crippen molar-refractivity contribution in [2.24, 2.45) is 0 Å². The molecule has 98 valence electrons. The van der Waals surface area contributed by atoms with E-state index in [1.807, 2.05) is 31.2 Å². The third-order valence-corrected chi connectivity index (χ3v) is 2.84. The Morgan fingerprint density at radius 1 is 1.26 bits per heavy atom. The van der Waals surface area contributed by atoms with Gasteiger partial charge >= 0.3 is 5.97 Å². The van der Waals surface area contributed by atoms with Gasteiger partial charge in [-0.05, 0) is 18.6 Å². The minimum absolute atomic E-state index is 0.144. The van der Waals surface area contributed by atoms with E-state index in [0.717, 1.165) is 11.1 Å². The minimum atomic E-state index is -0.446. The molecule has 19 heavy (non-hydrogen) atoms. The van der Waals surface area contributed by atoms with Crippen LogP contribution in [0.2, 0.25) is 0 Å². The Bertz CT molecular complexity index is 658. The minimum Gasteiger partial charge on any atom is -0.465 e. The average molecular weight is 257 g/mol. The van der Waals surface area contributed by atoms with Crippen LogP contribution in [0.5, 0.6) is 0 Å². The van der Waals surface area contributed by atoms with Crippen LogP contribution in [0.3, 0.4) is 0 Å². The first kappa shape index (κ1) is 13.1. The Kier molecular flexibility index (Phi) is 3.80. The zero-order chi connectivity index (χ0) is 13.8. The van der Waals surface area contributed by atoms with Crippen molar-refractivity contribution < 1.29 is 9.53 Å². The fraction of sp³-hybridized carbons (Fsp3) is 0.200. The molecule has 0 aliphatic carbocycles. The molecule has 4 heteroatoms. The average Bonchev–Trinajstić information content (AvgIpc) is 2.40. The summed E-state index contributed by atoms with van der Waals surface area (Å²) in [5, 5.41) is 0. The highest BCUT2D eigenvalue weighted by Gasteiger charge is 2.07. The summed E-state index contributed by atoms with van der Waals surface area (Å²) >= 11 is 0. The van der Waals surface area contributed by atoms with Gasteiger partial charge in [0.25, 0.3) is 5.56 Å². The van der Waals surface area contributed by atoms with Crippen molar-refractivity contribution in [1.29, 1.82) is 0 Å². The molecule has 2 rings (SSSR count). The predicted molar refractivity (Wildman–Crippen MR) is 72.3 cm³/mol. The van der Waals surface area contributed by atoms with Crippen LogP contribution in [-0.4, -0.2) is 17.6 Å². The van der Waals surface area contributed by atoms with Gasteiger partial charge < -0.3 is 9.30 Å². The molecule has 0 spiro atoms. The van der Waals surface area contributed by atoms with Crippen molar-refractivity contribution in [3.8, 4) is 0 Å². The van der Waals surface area contributed by atoms with E-state index in [4.69, 9.17) is 0 Å². The van der Waals surface area contributed by atoms with Crippen molar-refractivity contribution in [2.45, 2.75) is 13.5 Å². The van der Waals surface area contributed by atoms with Crippen molar-refractivity contribution in [3.05, 3.63) is 69.6 Å². The first-order valence-electron chi connectivity index (χ1n) is 5.94. The molecule has 0 aliphatic rings. The monoisotopic (exact) mass is 257 g/mol. The predicted octanol–water partition coefficient (Wildman–Crippen LogP) is 1.99. The van der Waals surface area contributed by atoms with Gasteiger partial charge in [-0.1, -0.05) is 29.8 Å². The molecular weight excluding hydrogens is 242 g/mol. The number of hydrogen-bond acceptors (Lipinski definition) is 3. The topological polar surface area (TPSA) is 48.3 Å². The molecule has 0 unspecified atom stereocenters. The Labute approximate surface area is 111 Å². The van der Waals surface area contributed by atoms with Crippen LogP contribution in [0.4, 0.5) is 0 Å². The second-order valence-electron chi connectivity index (χ2n) is 4.36. The molecule has 0 aliphatic heterocycles. The number of aromatic nitrogens is 1. The zero-order valence-corrected chi connectivity index (χ0v) is 10.9. The van der Waals surface area contributed by atoms with Crippen molar-refractivity contribution in [2.75, 3.05) is 7.11 Å². The maximum atomic E-state index is 11.8. The van der Waals surface area contributed by atoms with Crippen molar-refractivity contribution in [3.63, 3.8) is 0 Å². The molecule has 0 saturated carbocycles. The quantitative estimate of drug-likeness (QED) is 0.790. The number of methoxy groups -OCH3 is 1. The first-order valence-corrected chi connectivity index (χ1v) is 5.94. The van der Waals surface area contributed by atoms with E-state index in [2.05, 4.69) is 4.74 Å². The number of hydrogen-bond donors (Lipinski definition) is 0. The molecule has 0 saturated heterocycles. The Balaban J connectivity index is 2.34. The Morgan fingerprint density at radius 2 is 2.05 bits per heavy atom. The first-order chi connectivity index (χ1) is 9.10. The van der Waals surface area contributed by atoms with Gasteiger partial charge in [0, 0.05) is 12.3 Å². The van der Waals surface area contributed by atoms with Crippen LogP contribution in [0.1, 0.15) is 21.5 Å². The fourth-order valence-corrected chi connectivity index (χ4v) is 1.90. The van der Waals surface area contributed by atoms with E-state index in [9.17, 15) is 9.59 Å². The number of carbonyl (C=O) groups excluding carboxylic acids is 1. The van der Waals surface area contributed by atoms with Crippen LogP contribution in [-0.2, 0) is 11.3 Å². The summed E-state index contributed by atoms with van der Waals surface area (Å²) in [6, 6.07) is 10.8. The Morgan fingerprint density at radius 3 is 2.74 bits per heavy atom. The van der Waals surface area contributed by atoms with Crippen LogP contribution in [0, 0.1) is 6.92 Å². The van der Waals surface area contributed by atoms with Crippen LogP contribution in [0.15, 0.2) is 47.4 Å². The lowest BCUT2D eigenvalue weighted by molar-refractivity contribution is 0.0599. The summed E-state index contributed by atoms with van der Waals surface area (Å²) in [5.41, 5.74) is 2.38. The number of nitrogens with zero attached hydrogens (tertiary/aromatic N) is 1. The van der Waals surface area contributed by atoms with Crippen LogP contribution >= 0.6 is 0 Å². The number of carbonyl (C=O) groups is 1. The normalized spacial score (nSPS) is 10.2.